The largest absolute Gasteiger partial charge is 0.490 e. The Bertz CT molecular complexity index is 1150. The smallest absolute Gasteiger partial charge is 0.255 e. The average Bonchev–Trinajstić information content (AvgIpc) is 3.23. The number of pyridine rings is 2. The predicted molar refractivity (Wildman–Crippen MR) is 119 cm³/mol. The predicted octanol–water partition coefficient (Wildman–Crippen LogP) is 3.36. The third kappa shape index (κ3) is 5.28. The van der Waals surface area contributed by atoms with Gasteiger partial charge in [-0.25, -0.2) is 14.6 Å². The number of nitrogens with one attached hydrogen (secondary N) is 1. The van der Waals surface area contributed by atoms with Crippen LogP contribution in [0.15, 0.2) is 79.3 Å². The van der Waals surface area contributed by atoms with E-state index < -0.39 is 0 Å². The molecule has 1 N–H and O–H groups in total. The highest BCUT2D eigenvalue weighted by Gasteiger charge is 2.15. The molecular weight excluding hydrogens is 406 g/mol. The molecule has 0 aliphatic rings. The lowest BCUT2D eigenvalue weighted by atomic mass is 10.2. The van der Waals surface area contributed by atoms with E-state index in [9.17, 15) is 4.79 Å². The minimum Gasteiger partial charge on any atom is -0.490 e. The maximum Gasteiger partial charge on any atom is 0.255 e. The number of amides is 1. The van der Waals surface area contributed by atoms with E-state index in [1.165, 1.54) is 0 Å². The van der Waals surface area contributed by atoms with Crippen LogP contribution in [-0.2, 0) is 6.54 Å². The lowest BCUT2D eigenvalue weighted by Crippen LogP contribution is -2.23. The molecule has 4 rings (SSSR count). The quantitative estimate of drug-likeness (QED) is 0.410. The molecule has 0 aliphatic heterocycles. The first kappa shape index (κ1) is 21.0. The second-order valence-corrected chi connectivity index (χ2v) is 6.94. The van der Waals surface area contributed by atoms with Gasteiger partial charge in [-0.1, -0.05) is 30.3 Å². The fraction of sp³-hybridized carbons (Fsp3) is 0.167. The molecule has 32 heavy (non-hydrogen) atoms. The van der Waals surface area contributed by atoms with Crippen molar-refractivity contribution in [2.75, 3.05) is 13.2 Å². The van der Waals surface area contributed by atoms with Crippen molar-refractivity contribution in [3.05, 3.63) is 96.1 Å². The first-order valence-electron chi connectivity index (χ1n) is 10.2. The fourth-order valence-electron chi connectivity index (χ4n) is 3.04. The molecule has 162 valence electrons. The van der Waals surface area contributed by atoms with E-state index in [0.29, 0.717) is 37.0 Å². The van der Waals surface area contributed by atoms with E-state index in [1.54, 1.807) is 29.3 Å². The summed E-state index contributed by atoms with van der Waals surface area (Å²) in [6, 6.07) is 18.8. The van der Waals surface area contributed by atoms with Gasteiger partial charge in [0, 0.05) is 25.0 Å². The first-order chi connectivity index (χ1) is 15.7. The van der Waals surface area contributed by atoms with Crippen LogP contribution in [0.4, 0.5) is 0 Å². The normalized spacial score (nSPS) is 10.5. The van der Waals surface area contributed by atoms with Crippen LogP contribution < -0.4 is 14.8 Å². The van der Waals surface area contributed by atoms with Crippen LogP contribution in [0.1, 0.15) is 21.6 Å². The molecule has 0 saturated heterocycles. The summed E-state index contributed by atoms with van der Waals surface area (Å²) in [7, 11) is 0. The van der Waals surface area contributed by atoms with Crippen molar-refractivity contribution >= 4 is 5.91 Å². The standard InChI is InChI=1S/C24H23N5O3/c1-18-21(17-28-29(18)22-9-5-6-12-25-22)24(30)27-16-19-10-11-23(26-15-19)32-14-13-31-20-7-3-2-4-8-20/h2-12,15,17H,13-14,16H2,1H3,(H,27,30). The third-order valence-corrected chi connectivity index (χ3v) is 4.72. The van der Waals surface area contributed by atoms with Gasteiger partial charge in [0.15, 0.2) is 5.82 Å². The number of para-hydroxylation sites is 1. The van der Waals surface area contributed by atoms with Gasteiger partial charge in [0.1, 0.15) is 19.0 Å². The van der Waals surface area contributed by atoms with Crippen LogP contribution in [0.5, 0.6) is 11.6 Å². The van der Waals surface area contributed by atoms with Crippen molar-refractivity contribution < 1.29 is 14.3 Å². The lowest BCUT2D eigenvalue weighted by Gasteiger charge is -2.09. The zero-order valence-corrected chi connectivity index (χ0v) is 17.6. The Morgan fingerprint density at radius 3 is 2.50 bits per heavy atom. The van der Waals surface area contributed by atoms with Crippen molar-refractivity contribution in [2.45, 2.75) is 13.5 Å². The van der Waals surface area contributed by atoms with Gasteiger partial charge in [0.05, 0.1) is 17.5 Å². The van der Waals surface area contributed by atoms with Crippen LogP contribution in [0.2, 0.25) is 0 Å². The maximum absolute atomic E-state index is 12.6. The zero-order valence-electron chi connectivity index (χ0n) is 17.6. The van der Waals surface area contributed by atoms with Gasteiger partial charge in [-0.3, -0.25) is 4.79 Å². The fourth-order valence-corrected chi connectivity index (χ4v) is 3.04. The van der Waals surface area contributed by atoms with Crippen LogP contribution in [-0.4, -0.2) is 38.9 Å². The van der Waals surface area contributed by atoms with Crippen LogP contribution in [0.3, 0.4) is 0 Å². The second-order valence-electron chi connectivity index (χ2n) is 6.94. The molecule has 0 unspecified atom stereocenters. The van der Waals surface area contributed by atoms with Crippen LogP contribution in [0, 0.1) is 6.92 Å². The monoisotopic (exact) mass is 429 g/mol. The van der Waals surface area contributed by atoms with Crippen molar-refractivity contribution in [3.63, 3.8) is 0 Å². The number of hydrogen-bond acceptors (Lipinski definition) is 6. The van der Waals surface area contributed by atoms with E-state index in [1.807, 2.05) is 61.5 Å². The second kappa shape index (κ2) is 10.2. The highest BCUT2D eigenvalue weighted by molar-refractivity contribution is 5.95. The van der Waals surface area contributed by atoms with Gasteiger partial charge in [-0.05, 0) is 36.8 Å². The molecule has 0 aliphatic carbocycles. The lowest BCUT2D eigenvalue weighted by molar-refractivity contribution is 0.0950. The third-order valence-electron chi connectivity index (χ3n) is 4.72. The van der Waals surface area contributed by atoms with Crippen LogP contribution in [0.25, 0.3) is 5.82 Å². The van der Waals surface area contributed by atoms with Gasteiger partial charge in [-0.2, -0.15) is 5.10 Å². The number of carbonyl (C=O) groups excluding carboxylic acids is 1. The first-order valence-corrected chi connectivity index (χ1v) is 10.2. The maximum atomic E-state index is 12.6. The minimum atomic E-state index is -0.205. The zero-order chi connectivity index (χ0) is 22.2. The van der Waals surface area contributed by atoms with E-state index in [0.717, 1.165) is 17.0 Å². The number of aromatic nitrogens is 4. The Labute approximate surface area is 185 Å². The van der Waals surface area contributed by atoms with Crippen molar-refractivity contribution in [3.8, 4) is 17.4 Å². The van der Waals surface area contributed by atoms with E-state index in [-0.39, 0.29) is 5.91 Å². The number of hydrogen-bond donors (Lipinski definition) is 1. The molecule has 0 bridgehead atoms. The highest BCUT2D eigenvalue weighted by atomic mass is 16.5. The number of rotatable bonds is 9. The summed E-state index contributed by atoms with van der Waals surface area (Å²) < 4.78 is 12.8. The van der Waals surface area contributed by atoms with Crippen molar-refractivity contribution in [1.29, 1.82) is 0 Å². The summed E-state index contributed by atoms with van der Waals surface area (Å²) >= 11 is 0. The van der Waals surface area contributed by atoms with Crippen LogP contribution >= 0.6 is 0 Å². The summed E-state index contributed by atoms with van der Waals surface area (Å²) in [6.45, 7) is 3.00. The molecule has 3 aromatic heterocycles. The SMILES string of the molecule is Cc1c(C(=O)NCc2ccc(OCCOc3ccccc3)nc2)cnn1-c1ccccn1. The Morgan fingerprint density at radius 2 is 1.75 bits per heavy atom. The molecule has 1 amide bonds. The molecule has 1 aromatic carbocycles. The topological polar surface area (TPSA) is 91.2 Å². The molecule has 0 saturated carbocycles. The van der Waals surface area contributed by atoms with E-state index in [4.69, 9.17) is 9.47 Å². The molecular formula is C24H23N5O3. The molecule has 8 heteroatoms. The van der Waals surface area contributed by atoms with Gasteiger partial charge in [0.25, 0.3) is 5.91 Å². The van der Waals surface area contributed by atoms with Gasteiger partial charge in [-0.15, -0.1) is 0 Å². The molecule has 0 spiro atoms. The highest BCUT2D eigenvalue weighted by Crippen LogP contribution is 2.13. The van der Waals surface area contributed by atoms with Gasteiger partial charge in [0.2, 0.25) is 5.88 Å². The summed E-state index contributed by atoms with van der Waals surface area (Å²) in [4.78, 5) is 21.1. The van der Waals surface area contributed by atoms with Crippen molar-refractivity contribution in [1.82, 2.24) is 25.1 Å². The number of benzene rings is 1. The van der Waals surface area contributed by atoms with Gasteiger partial charge < -0.3 is 14.8 Å². The van der Waals surface area contributed by atoms with Crippen molar-refractivity contribution in [2.24, 2.45) is 0 Å². The summed E-state index contributed by atoms with van der Waals surface area (Å²) in [5.41, 5.74) is 2.09. The number of nitrogens with zero attached hydrogens (tertiary/aromatic N) is 4. The molecule has 0 atom stereocenters. The number of ether oxygens (including phenoxy) is 2. The Kier molecular flexibility index (Phi) is 6.72. The summed E-state index contributed by atoms with van der Waals surface area (Å²) in [5, 5.41) is 7.18. The summed E-state index contributed by atoms with van der Waals surface area (Å²) in [5.74, 6) is 1.77. The van der Waals surface area contributed by atoms with E-state index in [2.05, 4.69) is 20.4 Å². The van der Waals surface area contributed by atoms with Gasteiger partial charge >= 0.3 is 0 Å². The minimum absolute atomic E-state index is 0.205. The molecule has 4 aromatic rings. The Morgan fingerprint density at radius 1 is 0.938 bits per heavy atom. The average molecular weight is 429 g/mol. The Hall–Kier alpha value is -4.20. The Balaban J connectivity index is 1.25. The molecule has 0 fully saturated rings. The summed E-state index contributed by atoms with van der Waals surface area (Å²) in [6.07, 6.45) is 4.91. The molecule has 0 radical (unpaired) electrons. The number of carbonyl (C=O) groups is 1. The molecule has 8 nitrogen and oxygen atoms in total. The molecule has 3 heterocycles. The van der Waals surface area contributed by atoms with E-state index >= 15 is 0 Å².